The first kappa shape index (κ1) is 10.4. The van der Waals surface area contributed by atoms with Crippen molar-refractivity contribution in [3.63, 3.8) is 0 Å². The van der Waals surface area contributed by atoms with Crippen molar-refractivity contribution in [1.29, 1.82) is 0 Å². The Labute approximate surface area is 91.8 Å². The number of hydrogen-bond donors (Lipinski definition) is 0. The van der Waals surface area contributed by atoms with Crippen LogP contribution in [0.1, 0.15) is 13.8 Å². The van der Waals surface area contributed by atoms with Gasteiger partial charge in [-0.25, -0.2) is 0 Å². The minimum Gasteiger partial charge on any atom is -0.379 e. The van der Waals surface area contributed by atoms with Gasteiger partial charge in [-0.15, -0.1) is 0 Å². The van der Waals surface area contributed by atoms with Gasteiger partial charge >= 0.3 is 0 Å². The first-order valence-electron chi connectivity index (χ1n) is 5.38. The topological polar surface area (TPSA) is 9.23 Å². The highest BCUT2D eigenvalue weighted by molar-refractivity contribution is 5.33. The molecule has 2 rings (SSSR count). The Morgan fingerprint density at radius 2 is 1.13 bits per heavy atom. The summed E-state index contributed by atoms with van der Waals surface area (Å²) in [5.74, 6) is 0. The van der Waals surface area contributed by atoms with Crippen LogP contribution in [-0.2, 0) is 4.74 Å². The molecule has 80 valence electrons. The molecule has 0 aromatic rings. The Hall–Kier alpha value is -1.08. The molecule has 0 unspecified atom stereocenters. The maximum absolute atomic E-state index is 5.72. The molecule has 2 aliphatic carbocycles. The molecule has 0 spiro atoms. The van der Waals surface area contributed by atoms with Crippen molar-refractivity contribution in [2.45, 2.75) is 20.0 Å². The van der Waals surface area contributed by atoms with E-state index in [-0.39, 0.29) is 16.9 Å². The van der Waals surface area contributed by atoms with Gasteiger partial charge in [-0.3, -0.25) is 0 Å². The van der Waals surface area contributed by atoms with E-state index in [1.807, 2.05) is 0 Å². The molecule has 0 saturated carbocycles. The molecule has 15 heavy (non-hydrogen) atoms. The minimum atomic E-state index is 0.00250. The van der Waals surface area contributed by atoms with Crippen molar-refractivity contribution in [2.24, 2.45) is 10.8 Å². The van der Waals surface area contributed by atoms with Gasteiger partial charge in [0.15, 0.2) is 0 Å². The van der Waals surface area contributed by atoms with Crippen LogP contribution in [0.2, 0.25) is 0 Å². The summed E-state index contributed by atoms with van der Waals surface area (Å²) in [6.45, 7) is 4.43. The molecule has 0 heterocycles. The predicted molar refractivity (Wildman–Crippen MR) is 63.6 cm³/mol. The van der Waals surface area contributed by atoms with E-state index in [4.69, 9.17) is 4.74 Å². The van der Waals surface area contributed by atoms with Crippen LogP contribution in [0.4, 0.5) is 0 Å². The van der Waals surface area contributed by atoms with Gasteiger partial charge in [0, 0.05) is 17.9 Å². The van der Waals surface area contributed by atoms with Crippen LogP contribution in [-0.4, -0.2) is 13.2 Å². The maximum Gasteiger partial charge on any atom is 0.0816 e. The van der Waals surface area contributed by atoms with E-state index < -0.39 is 0 Å². The highest BCUT2D eigenvalue weighted by Gasteiger charge is 2.42. The average Bonchev–Trinajstić information content (AvgIpc) is 2.77. The number of rotatable bonds is 3. The van der Waals surface area contributed by atoms with Crippen LogP contribution in [0.25, 0.3) is 0 Å². The Bertz CT molecular complexity index is 300. The Morgan fingerprint density at radius 1 is 0.800 bits per heavy atom. The summed E-state index contributed by atoms with van der Waals surface area (Å²) in [6, 6.07) is 0. The Balaban J connectivity index is 2.32. The van der Waals surface area contributed by atoms with Crippen molar-refractivity contribution in [2.75, 3.05) is 7.11 Å². The summed E-state index contributed by atoms with van der Waals surface area (Å²) in [4.78, 5) is 0. The largest absolute Gasteiger partial charge is 0.379 e. The van der Waals surface area contributed by atoms with E-state index in [1.165, 1.54) is 0 Å². The van der Waals surface area contributed by atoms with Gasteiger partial charge in [-0.2, -0.15) is 0 Å². The van der Waals surface area contributed by atoms with E-state index in [0.29, 0.717) is 0 Å². The molecule has 1 heteroatoms. The lowest BCUT2D eigenvalue weighted by atomic mass is 9.71. The van der Waals surface area contributed by atoms with Crippen LogP contribution in [0.3, 0.4) is 0 Å². The van der Waals surface area contributed by atoms with Crippen molar-refractivity contribution < 1.29 is 4.74 Å². The Morgan fingerprint density at radius 3 is 1.40 bits per heavy atom. The zero-order valence-corrected chi connectivity index (χ0v) is 9.60. The van der Waals surface area contributed by atoms with Gasteiger partial charge < -0.3 is 4.74 Å². The summed E-state index contributed by atoms with van der Waals surface area (Å²) in [5, 5.41) is 0. The predicted octanol–water partition coefficient (Wildman–Crippen LogP) is 3.27. The SMILES string of the molecule is COC(C1(C)C=CC=C1)C1(C)C=CC=C1. The molecule has 0 N–H and O–H groups in total. The van der Waals surface area contributed by atoms with Crippen molar-refractivity contribution in [1.82, 2.24) is 0 Å². The van der Waals surface area contributed by atoms with Gasteiger partial charge in [0.25, 0.3) is 0 Å². The zero-order chi connectivity index (χ0) is 10.9. The third kappa shape index (κ3) is 1.61. The quantitative estimate of drug-likeness (QED) is 0.682. The molecular formula is C14H18O. The first-order valence-corrected chi connectivity index (χ1v) is 5.38. The van der Waals surface area contributed by atoms with Gasteiger partial charge in [-0.05, 0) is 0 Å². The minimum absolute atomic E-state index is 0.00250. The molecule has 0 atom stereocenters. The molecule has 2 aliphatic rings. The van der Waals surface area contributed by atoms with Crippen LogP contribution < -0.4 is 0 Å². The molecule has 0 fully saturated rings. The summed E-state index contributed by atoms with van der Waals surface area (Å²) < 4.78 is 5.72. The lowest BCUT2D eigenvalue weighted by Crippen LogP contribution is -2.41. The lowest BCUT2D eigenvalue weighted by Gasteiger charge is -2.39. The van der Waals surface area contributed by atoms with E-state index >= 15 is 0 Å². The van der Waals surface area contributed by atoms with Gasteiger partial charge in [0.1, 0.15) is 0 Å². The fourth-order valence-corrected chi connectivity index (χ4v) is 2.69. The molecule has 0 aliphatic heterocycles. The lowest BCUT2D eigenvalue weighted by molar-refractivity contribution is -0.00761. The van der Waals surface area contributed by atoms with Crippen LogP contribution in [0, 0.1) is 10.8 Å². The van der Waals surface area contributed by atoms with Gasteiger partial charge in [0.2, 0.25) is 0 Å². The average molecular weight is 202 g/mol. The smallest absolute Gasteiger partial charge is 0.0816 e. The summed E-state index contributed by atoms with van der Waals surface area (Å²) in [5.41, 5.74) is 0.00500. The second-order valence-electron chi connectivity index (χ2n) is 4.78. The Kier molecular flexibility index (Phi) is 2.43. The maximum atomic E-state index is 5.72. The third-order valence-electron chi connectivity index (χ3n) is 3.41. The second kappa shape index (κ2) is 3.49. The van der Waals surface area contributed by atoms with Crippen LogP contribution >= 0.6 is 0 Å². The summed E-state index contributed by atoms with van der Waals surface area (Å²) in [6.07, 6.45) is 17.4. The monoisotopic (exact) mass is 202 g/mol. The van der Waals surface area contributed by atoms with Crippen molar-refractivity contribution in [3.8, 4) is 0 Å². The highest BCUT2D eigenvalue weighted by Crippen LogP contribution is 2.44. The molecule has 0 aromatic carbocycles. The van der Waals surface area contributed by atoms with Gasteiger partial charge in [0.05, 0.1) is 6.10 Å². The number of allylic oxidation sites excluding steroid dienone is 4. The van der Waals surface area contributed by atoms with E-state index in [0.717, 1.165) is 0 Å². The fraction of sp³-hybridized carbons (Fsp3) is 0.429. The highest BCUT2D eigenvalue weighted by atomic mass is 16.5. The van der Waals surface area contributed by atoms with E-state index in [9.17, 15) is 0 Å². The fourth-order valence-electron chi connectivity index (χ4n) is 2.69. The second-order valence-corrected chi connectivity index (χ2v) is 4.78. The van der Waals surface area contributed by atoms with Crippen LogP contribution in [0.15, 0.2) is 48.6 Å². The molecule has 1 nitrogen and oxygen atoms in total. The van der Waals surface area contributed by atoms with E-state index in [1.54, 1.807) is 7.11 Å². The standard InChI is InChI=1S/C14H18O/c1-13(8-4-5-9-13)12(15-3)14(2)10-6-7-11-14/h4-12H,1-3H3. The number of ether oxygens (including phenoxy) is 1. The molecular weight excluding hydrogens is 184 g/mol. The van der Waals surface area contributed by atoms with Crippen molar-refractivity contribution in [3.05, 3.63) is 48.6 Å². The molecule has 0 saturated heterocycles. The van der Waals surface area contributed by atoms with Crippen LogP contribution in [0.5, 0.6) is 0 Å². The number of hydrogen-bond acceptors (Lipinski definition) is 1. The molecule has 0 bridgehead atoms. The van der Waals surface area contributed by atoms with Gasteiger partial charge in [-0.1, -0.05) is 62.5 Å². The number of methoxy groups -OCH3 is 1. The zero-order valence-electron chi connectivity index (χ0n) is 9.60. The molecule has 0 aromatic heterocycles. The third-order valence-corrected chi connectivity index (χ3v) is 3.41. The summed E-state index contributed by atoms with van der Waals surface area (Å²) in [7, 11) is 1.79. The normalized spacial score (nSPS) is 24.5. The first-order chi connectivity index (χ1) is 7.11. The molecule has 0 radical (unpaired) electrons. The summed E-state index contributed by atoms with van der Waals surface area (Å²) >= 11 is 0. The van der Waals surface area contributed by atoms with E-state index in [2.05, 4.69) is 62.5 Å². The van der Waals surface area contributed by atoms with Crippen molar-refractivity contribution >= 4 is 0 Å². The molecule has 0 amide bonds.